The fraction of sp³-hybridized carbons (Fsp3) is 0.200. The SMILES string of the molecule is Cc1ccc(S(C)(=O)=O)cc1C(=O)OC(C)C(=O)NC(c1ccccc1)c1ccccc1. The van der Waals surface area contributed by atoms with Crippen molar-refractivity contribution in [3.05, 3.63) is 101 Å². The van der Waals surface area contributed by atoms with E-state index >= 15 is 0 Å². The molecule has 6 nitrogen and oxygen atoms in total. The van der Waals surface area contributed by atoms with Crippen LogP contribution in [0.1, 0.15) is 40.0 Å². The Morgan fingerprint density at radius 3 is 1.91 bits per heavy atom. The average Bonchev–Trinajstić information content (AvgIpc) is 2.77. The maximum atomic E-state index is 12.9. The van der Waals surface area contributed by atoms with E-state index in [2.05, 4.69) is 5.32 Å². The Kier molecular flexibility index (Phi) is 7.10. The van der Waals surface area contributed by atoms with Gasteiger partial charge in [-0.15, -0.1) is 0 Å². The summed E-state index contributed by atoms with van der Waals surface area (Å²) in [5, 5.41) is 2.94. The van der Waals surface area contributed by atoms with Gasteiger partial charge in [-0.3, -0.25) is 4.79 Å². The molecule has 0 spiro atoms. The van der Waals surface area contributed by atoms with Crippen LogP contribution in [0.25, 0.3) is 0 Å². The quantitative estimate of drug-likeness (QED) is 0.551. The Morgan fingerprint density at radius 2 is 1.41 bits per heavy atom. The Hall–Kier alpha value is -3.45. The minimum absolute atomic E-state index is 0.0142. The lowest BCUT2D eigenvalue weighted by Gasteiger charge is -2.22. The first-order valence-electron chi connectivity index (χ1n) is 10.1. The molecule has 0 aliphatic heterocycles. The van der Waals surface area contributed by atoms with E-state index in [-0.39, 0.29) is 10.5 Å². The molecule has 1 amide bonds. The zero-order valence-electron chi connectivity index (χ0n) is 18.1. The van der Waals surface area contributed by atoms with Crippen LogP contribution in [0.5, 0.6) is 0 Å². The summed E-state index contributed by atoms with van der Waals surface area (Å²) in [6.07, 6.45) is -0.0189. The van der Waals surface area contributed by atoms with Crippen LogP contribution >= 0.6 is 0 Å². The molecule has 0 fully saturated rings. The smallest absolute Gasteiger partial charge is 0.339 e. The van der Waals surface area contributed by atoms with Crippen molar-refractivity contribution in [1.29, 1.82) is 0 Å². The van der Waals surface area contributed by atoms with Gasteiger partial charge in [-0.25, -0.2) is 13.2 Å². The molecule has 0 aliphatic carbocycles. The molecule has 7 heteroatoms. The summed E-state index contributed by atoms with van der Waals surface area (Å²) in [6.45, 7) is 3.16. The molecule has 0 radical (unpaired) electrons. The Balaban J connectivity index is 1.78. The number of esters is 1. The third kappa shape index (κ3) is 5.62. The summed E-state index contributed by atoms with van der Waals surface area (Å²) in [4.78, 5) is 25.6. The molecule has 0 saturated carbocycles. The number of rotatable bonds is 7. The second-order valence-electron chi connectivity index (χ2n) is 7.56. The first-order chi connectivity index (χ1) is 15.2. The van der Waals surface area contributed by atoms with E-state index in [0.717, 1.165) is 17.4 Å². The summed E-state index contributed by atoms with van der Waals surface area (Å²) in [5.74, 6) is -1.22. The van der Waals surface area contributed by atoms with Gasteiger partial charge in [0.15, 0.2) is 15.9 Å². The van der Waals surface area contributed by atoms with Crippen molar-refractivity contribution < 1.29 is 22.7 Å². The van der Waals surface area contributed by atoms with Crippen molar-refractivity contribution in [3.63, 3.8) is 0 Å². The zero-order valence-corrected chi connectivity index (χ0v) is 18.9. The van der Waals surface area contributed by atoms with Gasteiger partial charge in [0.2, 0.25) is 0 Å². The highest BCUT2D eigenvalue weighted by Crippen LogP contribution is 2.22. The lowest BCUT2D eigenvalue weighted by molar-refractivity contribution is -0.129. The van der Waals surface area contributed by atoms with Gasteiger partial charge in [0.25, 0.3) is 5.91 Å². The van der Waals surface area contributed by atoms with Crippen LogP contribution in [0, 0.1) is 6.92 Å². The van der Waals surface area contributed by atoms with Gasteiger partial charge in [0.05, 0.1) is 16.5 Å². The van der Waals surface area contributed by atoms with Crippen molar-refractivity contribution in [2.45, 2.75) is 30.9 Å². The number of sulfone groups is 1. The van der Waals surface area contributed by atoms with Gasteiger partial charge in [0.1, 0.15) is 0 Å². The number of carbonyl (C=O) groups is 2. The van der Waals surface area contributed by atoms with Crippen LogP contribution in [0.3, 0.4) is 0 Å². The van der Waals surface area contributed by atoms with E-state index in [1.54, 1.807) is 13.0 Å². The fourth-order valence-electron chi connectivity index (χ4n) is 3.24. The van der Waals surface area contributed by atoms with E-state index in [4.69, 9.17) is 4.74 Å². The molecular weight excluding hydrogens is 426 g/mol. The van der Waals surface area contributed by atoms with Crippen LogP contribution in [-0.2, 0) is 19.4 Å². The Labute approximate surface area is 188 Å². The van der Waals surface area contributed by atoms with Gasteiger partial charge in [-0.05, 0) is 42.7 Å². The van der Waals surface area contributed by atoms with E-state index in [1.165, 1.54) is 19.1 Å². The van der Waals surface area contributed by atoms with E-state index < -0.39 is 33.9 Å². The number of aryl methyl sites for hydroxylation is 1. The molecule has 3 rings (SSSR count). The van der Waals surface area contributed by atoms with E-state index in [9.17, 15) is 18.0 Å². The highest BCUT2D eigenvalue weighted by molar-refractivity contribution is 7.90. The first kappa shape index (κ1) is 23.2. The Morgan fingerprint density at radius 1 is 0.875 bits per heavy atom. The number of hydrogen-bond acceptors (Lipinski definition) is 5. The monoisotopic (exact) mass is 451 g/mol. The molecule has 0 bridgehead atoms. The Bertz CT molecular complexity index is 1170. The number of nitrogens with one attached hydrogen (secondary N) is 1. The van der Waals surface area contributed by atoms with Crippen LogP contribution in [0.2, 0.25) is 0 Å². The van der Waals surface area contributed by atoms with Gasteiger partial charge in [-0.1, -0.05) is 66.7 Å². The zero-order chi connectivity index (χ0) is 23.3. The summed E-state index contributed by atoms with van der Waals surface area (Å²) < 4.78 is 29.0. The van der Waals surface area contributed by atoms with E-state index in [0.29, 0.717) is 5.56 Å². The predicted octanol–water partition coefficient (Wildman–Crippen LogP) is 3.85. The lowest BCUT2D eigenvalue weighted by Crippen LogP contribution is -2.38. The molecule has 32 heavy (non-hydrogen) atoms. The minimum Gasteiger partial charge on any atom is -0.449 e. The van der Waals surface area contributed by atoms with E-state index in [1.807, 2.05) is 60.7 Å². The molecule has 3 aromatic rings. The number of carbonyl (C=O) groups excluding carboxylic acids is 2. The molecule has 1 N–H and O–H groups in total. The summed E-state index contributed by atoms with van der Waals surface area (Å²) in [7, 11) is -3.48. The second kappa shape index (κ2) is 9.78. The third-order valence-electron chi connectivity index (χ3n) is 5.06. The average molecular weight is 452 g/mol. The number of ether oxygens (including phenoxy) is 1. The maximum Gasteiger partial charge on any atom is 0.339 e. The predicted molar refractivity (Wildman–Crippen MR) is 122 cm³/mol. The summed E-state index contributed by atoms with van der Waals surface area (Å²) in [6, 6.07) is 22.8. The largest absolute Gasteiger partial charge is 0.449 e. The standard InChI is InChI=1S/C25H25NO5S/c1-17-14-15-21(32(3,29)30)16-22(17)25(28)31-18(2)24(27)26-23(19-10-6-4-7-11-19)20-12-8-5-9-13-20/h4-16,18,23H,1-3H3,(H,26,27). The molecule has 0 aromatic heterocycles. The fourth-order valence-corrected chi connectivity index (χ4v) is 3.89. The van der Waals surface area contributed by atoms with Crippen molar-refractivity contribution >= 4 is 21.7 Å². The van der Waals surface area contributed by atoms with Gasteiger partial charge < -0.3 is 10.1 Å². The maximum absolute atomic E-state index is 12.9. The normalized spacial score (nSPS) is 12.2. The number of amides is 1. The van der Waals surface area contributed by atoms with Gasteiger partial charge >= 0.3 is 5.97 Å². The molecule has 0 saturated heterocycles. The highest BCUT2D eigenvalue weighted by atomic mass is 32.2. The van der Waals surface area contributed by atoms with Crippen molar-refractivity contribution in [1.82, 2.24) is 5.32 Å². The molecular formula is C25H25NO5S. The lowest BCUT2D eigenvalue weighted by atomic mass is 9.98. The molecule has 166 valence electrons. The molecule has 3 aromatic carbocycles. The third-order valence-corrected chi connectivity index (χ3v) is 6.17. The van der Waals surface area contributed by atoms with Crippen LogP contribution < -0.4 is 5.32 Å². The summed E-state index contributed by atoms with van der Waals surface area (Å²) in [5.41, 5.74) is 2.45. The molecule has 1 unspecified atom stereocenters. The summed E-state index contributed by atoms with van der Waals surface area (Å²) >= 11 is 0. The minimum atomic E-state index is -3.48. The van der Waals surface area contributed by atoms with Gasteiger partial charge in [-0.2, -0.15) is 0 Å². The van der Waals surface area contributed by atoms with Gasteiger partial charge in [0, 0.05) is 6.26 Å². The van der Waals surface area contributed by atoms with Crippen LogP contribution in [0.4, 0.5) is 0 Å². The molecule has 1 atom stereocenters. The van der Waals surface area contributed by atoms with Crippen LogP contribution in [0.15, 0.2) is 83.8 Å². The first-order valence-corrected chi connectivity index (χ1v) is 12.0. The molecule has 0 heterocycles. The second-order valence-corrected chi connectivity index (χ2v) is 9.58. The number of hydrogen-bond donors (Lipinski definition) is 1. The molecule has 0 aliphatic rings. The van der Waals surface area contributed by atoms with Crippen LogP contribution in [-0.4, -0.2) is 32.7 Å². The van der Waals surface area contributed by atoms with Crippen molar-refractivity contribution in [2.24, 2.45) is 0 Å². The van der Waals surface area contributed by atoms with Crippen molar-refractivity contribution in [2.75, 3.05) is 6.26 Å². The highest BCUT2D eigenvalue weighted by Gasteiger charge is 2.24. The topological polar surface area (TPSA) is 89.5 Å². The van der Waals surface area contributed by atoms with Crippen molar-refractivity contribution in [3.8, 4) is 0 Å². The number of benzene rings is 3.